The van der Waals surface area contributed by atoms with E-state index in [9.17, 15) is 0 Å². The molecule has 6 heteroatoms. The van der Waals surface area contributed by atoms with Gasteiger partial charge in [0.05, 0.1) is 6.61 Å². The normalized spacial score (nSPS) is 13.8. The van der Waals surface area contributed by atoms with Gasteiger partial charge in [0, 0.05) is 39.4 Å². The minimum absolute atomic E-state index is 0. The van der Waals surface area contributed by atoms with Crippen molar-refractivity contribution in [2.24, 2.45) is 10.9 Å². The molecule has 0 heterocycles. The van der Waals surface area contributed by atoms with Crippen LogP contribution in [0.25, 0.3) is 0 Å². The summed E-state index contributed by atoms with van der Waals surface area (Å²) < 4.78 is 11.4. The fourth-order valence-corrected chi connectivity index (χ4v) is 2.34. The van der Waals surface area contributed by atoms with E-state index < -0.39 is 0 Å². The first-order valence-corrected chi connectivity index (χ1v) is 8.55. The van der Waals surface area contributed by atoms with Crippen molar-refractivity contribution < 1.29 is 9.47 Å². The van der Waals surface area contributed by atoms with E-state index in [0.29, 0.717) is 13.2 Å². The van der Waals surface area contributed by atoms with Crippen LogP contribution in [0.15, 0.2) is 41.9 Å². The van der Waals surface area contributed by atoms with Crippen LogP contribution in [0.2, 0.25) is 0 Å². The number of likely N-dealkylation sites (N-methyl/N-ethyl adjacent to an activating group) is 1. The summed E-state index contributed by atoms with van der Waals surface area (Å²) in [6, 6.07) is 8.01. The summed E-state index contributed by atoms with van der Waals surface area (Å²) in [5, 5.41) is 3.38. The second kappa shape index (κ2) is 12.1. The molecule has 1 fully saturated rings. The molecule has 2 rings (SSSR count). The maximum absolute atomic E-state index is 5.70. The number of nitrogens with zero attached hydrogens (tertiary/aromatic N) is 2. The number of para-hydroxylation sites is 1. The predicted octanol–water partition coefficient (Wildman–Crippen LogP) is 3.30. The molecule has 1 N–H and O–H groups in total. The number of halogens is 1. The highest BCUT2D eigenvalue weighted by Gasteiger charge is 2.21. The van der Waals surface area contributed by atoms with Crippen LogP contribution < -0.4 is 10.1 Å². The van der Waals surface area contributed by atoms with Gasteiger partial charge in [0.15, 0.2) is 5.96 Å². The number of ether oxygens (including phenoxy) is 2. The first-order chi connectivity index (χ1) is 11.7. The van der Waals surface area contributed by atoms with Crippen LogP contribution in [0, 0.1) is 5.92 Å². The molecule has 0 saturated heterocycles. The molecule has 1 aromatic carbocycles. The molecular weight excluding hydrogens is 429 g/mol. The maximum Gasteiger partial charge on any atom is 0.193 e. The molecular formula is C19H30IN3O2. The van der Waals surface area contributed by atoms with Crippen molar-refractivity contribution in [2.75, 3.05) is 40.5 Å². The monoisotopic (exact) mass is 459 g/mol. The van der Waals surface area contributed by atoms with Gasteiger partial charge in [-0.05, 0) is 24.8 Å². The van der Waals surface area contributed by atoms with E-state index in [0.717, 1.165) is 42.9 Å². The molecule has 0 spiro atoms. The lowest BCUT2D eigenvalue weighted by Crippen LogP contribution is -2.40. The summed E-state index contributed by atoms with van der Waals surface area (Å²) in [6.45, 7) is 7.30. The minimum atomic E-state index is 0. The lowest BCUT2D eigenvalue weighted by Gasteiger charge is -2.22. The Labute approximate surface area is 168 Å². The van der Waals surface area contributed by atoms with E-state index in [4.69, 9.17) is 9.47 Å². The Kier molecular flexibility index (Phi) is 10.6. The number of aliphatic imine (C=N–C) groups is 1. The molecule has 1 saturated carbocycles. The third kappa shape index (κ3) is 8.09. The average Bonchev–Trinajstić information content (AvgIpc) is 3.42. The molecule has 1 aromatic rings. The zero-order valence-corrected chi connectivity index (χ0v) is 17.6. The molecule has 5 nitrogen and oxygen atoms in total. The number of nitrogens with one attached hydrogen (secondary N) is 1. The molecule has 25 heavy (non-hydrogen) atoms. The molecule has 0 bridgehead atoms. The van der Waals surface area contributed by atoms with Crippen LogP contribution in [0.4, 0.5) is 0 Å². The molecule has 0 atom stereocenters. The van der Waals surface area contributed by atoms with Crippen molar-refractivity contribution >= 4 is 29.9 Å². The van der Waals surface area contributed by atoms with Gasteiger partial charge < -0.3 is 19.7 Å². The number of rotatable bonds is 10. The molecule has 0 aromatic heterocycles. The van der Waals surface area contributed by atoms with E-state index in [1.54, 1.807) is 13.1 Å². The molecule has 0 aliphatic heterocycles. The Hall–Kier alpha value is -1.28. The largest absolute Gasteiger partial charge is 0.489 e. The molecule has 1 aliphatic carbocycles. The molecule has 140 valence electrons. The number of benzene rings is 1. The highest BCUT2D eigenvalue weighted by Crippen LogP contribution is 2.28. The lowest BCUT2D eigenvalue weighted by molar-refractivity contribution is 0.115. The number of hydrogen-bond acceptors (Lipinski definition) is 3. The molecule has 0 unspecified atom stereocenters. The Morgan fingerprint density at radius 2 is 2.16 bits per heavy atom. The highest BCUT2D eigenvalue weighted by atomic mass is 127. The second-order valence-electron chi connectivity index (χ2n) is 6.05. The summed E-state index contributed by atoms with van der Waals surface area (Å²) in [5.41, 5.74) is 1.10. The SMILES string of the molecule is C=CCOc1ccccc1CNC(=NC)N(C)CCOCC1CC1.I. The first kappa shape index (κ1) is 21.8. The Morgan fingerprint density at radius 1 is 1.40 bits per heavy atom. The van der Waals surface area contributed by atoms with Crippen molar-refractivity contribution in [3.8, 4) is 5.75 Å². The summed E-state index contributed by atoms with van der Waals surface area (Å²) >= 11 is 0. The fourth-order valence-electron chi connectivity index (χ4n) is 2.34. The fraction of sp³-hybridized carbons (Fsp3) is 0.526. The van der Waals surface area contributed by atoms with E-state index >= 15 is 0 Å². The Balaban J connectivity index is 0.00000312. The van der Waals surface area contributed by atoms with Gasteiger partial charge >= 0.3 is 0 Å². The number of guanidine groups is 1. The topological polar surface area (TPSA) is 46.1 Å². The van der Waals surface area contributed by atoms with Crippen molar-refractivity contribution in [1.29, 1.82) is 0 Å². The van der Waals surface area contributed by atoms with Crippen LogP contribution in [-0.2, 0) is 11.3 Å². The second-order valence-corrected chi connectivity index (χ2v) is 6.05. The van der Waals surface area contributed by atoms with Gasteiger partial charge in [-0.25, -0.2) is 0 Å². The minimum Gasteiger partial charge on any atom is -0.489 e. The zero-order chi connectivity index (χ0) is 17.2. The Morgan fingerprint density at radius 3 is 2.84 bits per heavy atom. The van der Waals surface area contributed by atoms with Crippen molar-refractivity contribution in [3.63, 3.8) is 0 Å². The molecule has 0 amide bonds. The third-order valence-electron chi connectivity index (χ3n) is 3.96. The van der Waals surface area contributed by atoms with Gasteiger partial charge in [0.25, 0.3) is 0 Å². The summed E-state index contributed by atoms with van der Waals surface area (Å²) in [4.78, 5) is 6.42. The summed E-state index contributed by atoms with van der Waals surface area (Å²) in [5.74, 6) is 2.53. The van der Waals surface area contributed by atoms with E-state index in [1.165, 1.54) is 12.8 Å². The maximum atomic E-state index is 5.70. The van der Waals surface area contributed by atoms with Gasteiger partial charge in [-0.2, -0.15) is 0 Å². The van der Waals surface area contributed by atoms with Crippen LogP contribution in [0.3, 0.4) is 0 Å². The molecule has 0 radical (unpaired) electrons. The van der Waals surface area contributed by atoms with Gasteiger partial charge in [-0.15, -0.1) is 24.0 Å². The van der Waals surface area contributed by atoms with Gasteiger partial charge in [-0.3, -0.25) is 4.99 Å². The smallest absolute Gasteiger partial charge is 0.193 e. The zero-order valence-electron chi connectivity index (χ0n) is 15.2. The average molecular weight is 459 g/mol. The van der Waals surface area contributed by atoms with E-state index in [2.05, 4.69) is 27.9 Å². The standard InChI is InChI=1S/C19H29N3O2.HI/c1-4-12-24-18-8-6-5-7-17(18)14-21-19(20-2)22(3)11-13-23-15-16-9-10-16;/h4-8,16H,1,9-15H2,2-3H3,(H,20,21);1H. The van der Waals surface area contributed by atoms with Crippen LogP contribution in [-0.4, -0.2) is 51.3 Å². The van der Waals surface area contributed by atoms with E-state index in [-0.39, 0.29) is 24.0 Å². The van der Waals surface area contributed by atoms with Crippen LogP contribution >= 0.6 is 24.0 Å². The summed E-state index contributed by atoms with van der Waals surface area (Å²) in [7, 11) is 3.82. The quantitative estimate of drug-likeness (QED) is 0.192. The van der Waals surface area contributed by atoms with Gasteiger partial charge in [0.1, 0.15) is 12.4 Å². The summed E-state index contributed by atoms with van der Waals surface area (Å²) in [6.07, 6.45) is 4.40. The predicted molar refractivity (Wildman–Crippen MR) is 114 cm³/mol. The van der Waals surface area contributed by atoms with E-state index in [1.807, 2.05) is 25.2 Å². The van der Waals surface area contributed by atoms with Crippen molar-refractivity contribution in [2.45, 2.75) is 19.4 Å². The van der Waals surface area contributed by atoms with Crippen LogP contribution in [0.5, 0.6) is 5.75 Å². The van der Waals surface area contributed by atoms with Crippen molar-refractivity contribution in [1.82, 2.24) is 10.2 Å². The van der Waals surface area contributed by atoms with Gasteiger partial charge in [0.2, 0.25) is 0 Å². The van der Waals surface area contributed by atoms with Crippen molar-refractivity contribution in [3.05, 3.63) is 42.5 Å². The lowest BCUT2D eigenvalue weighted by atomic mass is 10.2. The highest BCUT2D eigenvalue weighted by molar-refractivity contribution is 14.0. The van der Waals surface area contributed by atoms with Gasteiger partial charge in [-0.1, -0.05) is 30.9 Å². The molecule has 1 aliphatic rings. The van der Waals surface area contributed by atoms with Crippen LogP contribution in [0.1, 0.15) is 18.4 Å². The Bertz CT molecular complexity index is 547. The third-order valence-corrected chi connectivity index (χ3v) is 3.96. The first-order valence-electron chi connectivity index (χ1n) is 8.55. The number of hydrogen-bond donors (Lipinski definition) is 1.